The van der Waals surface area contributed by atoms with Gasteiger partial charge < -0.3 is 10.1 Å². The zero-order chi connectivity index (χ0) is 33.6. The van der Waals surface area contributed by atoms with Gasteiger partial charge in [0, 0.05) is 21.5 Å². The second-order valence-corrected chi connectivity index (χ2v) is 13.1. The molecule has 3 amide bonds. The Morgan fingerprint density at radius 3 is 2.30 bits per heavy atom. The number of nitrogens with one attached hydrogen (secondary N) is 1. The molecule has 1 aromatic heterocycles. The van der Waals surface area contributed by atoms with Gasteiger partial charge in [-0.25, -0.2) is 9.69 Å². The lowest BCUT2D eigenvalue weighted by Crippen LogP contribution is -2.33. The highest BCUT2D eigenvalue weighted by Gasteiger charge is 2.57. The van der Waals surface area contributed by atoms with Crippen LogP contribution in [0.2, 0.25) is 5.02 Å². The van der Waals surface area contributed by atoms with E-state index in [-0.39, 0.29) is 17.2 Å². The van der Waals surface area contributed by atoms with Crippen molar-refractivity contribution in [2.75, 3.05) is 16.8 Å². The van der Waals surface area contributed by atoms with E-state index < -0.39 is 69.6 Å². The zero-order valence-electron chi connectivity index (χ0n) is 24.2. The van der Waals surface area contributed by atoms with Gasteiger partial charge in [0.05, 0.1) is 34.4 Å². The first-order chi connectivity index (χ1) is 22.4. The van der Waals surface area contributed by atoms with Crippen molar-refractivity contribution in [2.24, 2.45) is 5.92 Å². The number of hydrogen-bond donors (Lipinski definition) is 1. The number of halogens is 4. The molecule has 0 bridgehead atoms. The van der Waals surface area contributed by atoms with E-state index in [1.54, 1.807) is 31.2 Å². The number of fused-ring (bicyclic) bond motifs is 2. The van der Waals surface area contributed by atoms with Gasteiger partial charge in [-0.2, -0.15) is 13.2 Å². The molecule has 242 valence electrons. The van der Waals surface area contributed by atoms with E-state index in [4.69, 9.17) is 16.3 Å². The van der Waals surface area contributed by atoms with Crippen LogP contribution in [0.5, 0.6) is 0 Å². The first-order valence-corrected chi connectivity index (χ1v) is 16.2. The Labute approximate surface area is 278 Å². The van der Waals surface area contributed by atoms with Gasteiger partial charge in [0.15, 0.2) is 0 Å². The number of anilines is 2. The third kappa shape index (κ3) is 6.08. The van der Waals surface area contributed by atoms with Crippen molar-refractivity contribution >= 4 is 69.8 Å². The van der Waals surface area contributed by atoms with Crippen LogP contribution in [0.15, 0.2) is 82.6 Å². The number of ether oxygens (including phenoxy) is 1. The number of alkyl halides is 3. The molecule has 15 heteroatoms. The van der Waals surface area contributed by atoms with Gasteiger partial charge in [-0.1, -0.05) is 59.0 Å². The molecule has 1 N–H and O–H groups in total. The van der Waals surface area contributed by atoms with Crippen LogP contribution in [0.3, 0.4) is 0 Å². The van der Waals surface area contributed by atoms with Crippen LogP contribution >= 0.6 is 34.7 Å². The van der Waals surface area contributed by atoms with Crippen LogP contribution < -0.4 is 15.1 Å². The summed E-state index contributed by atoms with van der Waals surface area (Å²) in [7, 11) is 0. The van der Waals surface area contributed by atoms with E-state index in [1.165, 1.54) is 41.0 Å². The van der Waals surface area contributed by atoms with Crippen LogP contribution in [0.1, 0.15) is 39.2 Å². The highest BCUT2D eigenvalue weighted by atomic mass is 35.5. The van der Waals surface area contributed by atoms with E-state index >= 15 is 0 Å². The Morgan fingerprint density at radius 1 is 0.957 bits per heavy atom. The number of para-hydroxylation sites is 1. The summed E-state index contributed by atoms with van der Waals surface area (Å²) in [6.45, 7) is 1.43. The molecule has 1 saturated heterocycles. The van der Waals surface area contributed by atoms with Crippen LogP contribution in [0.25, 0.3) is 0 Å². The standard InChI is InChI=1S/C32H23ClF3N3O6S2/c1-2-45-30(43)17-9-13-19(14-10-17)37-22(40)15-38-29-26(47-31(38)44)23(16-7-11-18(33)12-8-16)24-25(46-29)28(42)39(27(24)41)21-6-4-3-5-20(21)32(34,35)36/h3-14,23-25H,2,15H2,1H3,(H,37,40)/t23-,24?,25?/m1/s1. The molecule has 3 atom stereocenters. The Bertz CT molecular complexity index is 1960. The van der Waals surface area contributed by atoms with Crippen LogP contribution in [-0.4, -0.2) is 40.1 Å². The fourth-order valence-electron chi connectivity index (χ4n) is 5.68. The average molecular weight is 702 g/mol. The van der Waals surface area contributed by atoms with Crippen LogP contribution in [0.4, 0.5) is 24.5 Å². The SMILES string of the molecule is CCOC(=O)c1ccc(NC(=O)Cn2c3c(sc2=O)[C@H](c2ccc(Cl)cc2)C2C(=O)N(c4ccccc4C(F)(F)F)C(=O)C2S3)cc1. The predicted molar refractivity (Wildman–Crippen MR) is 170 cm³/mol. The quantitative estimate of drug-likeness (QED) is 0.181. The lowest BCUT2D eigenvalue weighted by molar-refractivity contribution is -0.137. The Kier molecular flexibility index (Phi) is 8.76. The number of hydrogen-bond acceptors (Lipinski definition) is 8. The summed E-state index contributed by atoms with van der Waals surface area (Å²) in [5.41, 5.74) is -0.545. The van der Waals surface area contributed by atoms with Crippen molar-refractivity contribution in [3.63, 3.8) is 0 Å². The molecule has 3 heterocycles. The second-order valence-electron chi connectivity index (χ2n) is 10.6. The number of esters is 1. The number of thioether (sulfide) groups is 1. The molecule has 0 spiro atoms. The number of amides is 3. The lowest BCUT2D eigenvalue weighted by atomic mass is 9.83. The van der Waals surface area contributed by atoms with Crippen molar-refractivity contribution in [3.05, 3.63) is 109 Å². The van der Waals surface area contributed by atoms with Gasteiger partial charge >= 0.3 is 17.0 Å². The molecule has 2 aliphatic heterocycles. The van der Waals surface area contributed by atoms with Gasteiger partial charge in [-0.15, -0.1) is 0 Å². The minimum absolute atomic E-state index is 0.203. The summed E-state index contributed by atoms with van der Waals surface area (Å²) in [5.74, 6) is -4.82. The van der Waals surface area contributed by atoms with E-state index in [9.17, 15) is 37.1 Å². The number of aromatic nitrogens is 1. The summed E-state index contributed by atoms with van der Waals surface area (Å²) >= 11 is 7.79. The number of thiazole rings is 1. The third-order valence-corrected chi connectivity index (χ3v) is 10.6. The Morgan fingerprint density at radius 2 is 1.64 bits per heavy atom. The molecule has 47 heavy (non-hydrogen) atoms. The van der Waals surface area contributed by atoms with E-state index in [0.717, 1.165) is 35.2 Å². The highest BCUT2D eigenvalue weighted by Crippen LogP contribution is 2.54. The Balaban J connectivity index is 1.36. The fourth-order valence-corrected chi connectivity index (χ4v) is 8.58. The summed E-state index contributed by atoms with van der Waals surface area (Å²) in [5, 5.41) is 2.14. The zero-order valence-corrected chi connectivity index (χ0v) is 26.6. The average Bonchev–Trinajstić information content (AvgIpc) is 3.47. The molecule has 2 aliphatic rings. The topological polar surface area (TPSA) is 115 Å². The monoisotopic (exact) mass is 701 g/mol. The van der Waals surface area contributed by atoms with Gasteiger partial charge in [-0.05, 0) is 61.0 Å². The number of rotatable bonds is 7. The van der Waals surface area contributed by atoms with E-state index in [0.29, 0.717) is 26.1 Å². The van der Waals surface area contributed by atoms with Gasteiger partial charge in [-0.3, -0.25) is 23.7 Å². The molecule has 4 aromatic rings. The first-order valence-electron chi connectivity index (χ1n) is 14.2. The van der Waals surface area contributed by atoms with Crippen molar-refractivity contribution in [1.82, 2.24) is 4.57 Å². The minimum Gasteiger partial charge on any atom is -0.462 e. The molecular formula is C32H23ClF3N3O6S2. The number of carbonyl (C=O) groups is 4. The summed E-state index contributed by atoms with van der Waals surface area (Å²) < 4.78 is 48.1. The normalized spacial score (nSPS) is 18.9. The fraction of sp³-hybridized carbons (Fsp3) is 0.219. The van der Waals surface area contributed by atoms with E-state index in [2.05, 4.69) is 5.32 Å². The van der Waals surface area contributed by atoms with Crippen molar-refractivity contribution < 1.29 is 37.1 Å². The maximum absolute atomic E-state index is 14.0. The number of nitrogens with zero attached hydrogens (tertiary/aromatic N) is 2. The maximum atomic E-state index is 14.0. The number of benzene rings is 3. The molecule has 1 fully saturated rings. The number of carbonyl (C=O) groups excluding carboxylic acids is 4. The molecular weight excluding hydrogens is 679 g/mol. The highest BCUT2D eigenvalue weighted by molar-refractivity contribution is 8.00. The van der Waals surface area contributed by atoms with Crippen LogP contribution in [-0.2, 0) is 31.8 Å². The summed E-state index contributed by atoms with van der Waals surface area (Å²) in [4.78, 5) is 66.7. The number of imide groups is 1. The smallest absolute Gasteiger partial charge is 0.418 e. The van der Waals surface area contributed by atoms with Gasteiger partial charge in [0.2, 0.25) is 17.7 Å². The molecule has 9 nitrogen and oxygen atoms in total. The summed E-state index contributed by atoms with van der Waals surface area (Å²) in [6.07, 6.45) is -4.83. The van der Waals surface area contributed by atoms with Crippen LogP contribution in [0, 0.1) is 5.92 Å². The molecule has 2 unspecified atom stereocenters. The maximum Gasteiger partial charge on any atom is 0.418 e. The molecule has 0 aliphatic carbocycles. The van der Waals surface area contributed by atoms with E-state index in [1.807, 2.05) is 0 Å². The minimum atomic E-state index is -4.83. The van der Waals surface area contributed by atoms with Gasteiger partial charge in [0.1, 0.15) is 11.8 Å². The largest absolute Gasteiger partial charge is 0.462 e. The van der Waals surface area contributed by atoms with Crippen molar-refractivity contribution in [3.8, 4) is 0 Å². The molecule has 6 rings (SSSR count). The molecule has 0 radical (unpaired) electrons. The van der Waals surface area contributed by atoms with Crippen molar-refractivity contribution in [2.45, 2.75) is 35.8 Å². The molecule has 0 saturated carbocycles. The predicted octanol–water partition coefficient (Wildman–Crippen LogP) is 6.19. The van der Waals surface area contributed by atoms with Crippen molar-refractivity contribution in [1.29, 1.82) is 0 Å². The van der Waals surface area contributed by atoms with Gasteiger partial charge in [0.25, 0.3) is 0 Å². The summed E-state index contributed by atoms with van der Waals surface area (Å²) in [6, 6.07) is 16.7. The first kappa shape index (κ1) is 32.5. The molecule has 3 aromatic carbocycles. The second kappa shape index (κ2) is 12.7. The third-order valence-electron chi connectivity index (χ3n) is 7.71. The Hall–Kier alpha value is -4.40. The lowest BCUT2D eigenvalue weighted by Gasteiger charge is -2.30.